The van der Waals surface area contributed by atoms with Gasteiger partial charge >= 0.3 is 0 Å². The van der Waals surface area contributed by atoms with Gasteiger partial charge in [-0.2, -0.15) is 0 Å². The smallest absolute Gasteiger partial charge is 0.0341 e. The quantitative estimate of drug-likeness (QED) is 0.847. The van der Waals surface area contributed by atoms with E-state index in [1.165, 1.54) is 41.9 Å². The lowest BCUT2D eigenvalue weighted by molar-refractivity contribution is 0.258. The number of benzene rings is 1. The van der Waals surface area contributed by atoms with E-state index >= 15 is 0 Å². The van der Waals surface area contributed by atoms with Crippen molar-refractivity contribution in [1.82, 2.24) is 5.32 Å². The van der Waals surface area contributed by atoms with Crippen molar-refractivity contribution in [3.63, 3.8) is 0 Å². The molecule has 98 valence electrons. The molecule has 0 aromatic heterocycles. The Labute approximate surface area is 115 Å². The van der Waals surface area contributed by atoms with Crippen LogP contribution in [-0.2, 0) is 0 Å². The molecule has 1 saturated carbocycles. The highest BCUT2D eigenvalue weighted by Crippen LogP contribution is 2.41. The molecule has 2 aliphatic rings. The van der Waals surface area contributed by atoms with Crippen molar-refractivity contribution in [2.24, 2.45) is 5.41 Å². The summed E-state index contributed by atoms with van der Waals surface area (Å²) < 4.78 is 0. The van der Waals surface area contributed by atoms with Crippen molar-refractivity contribution < 1.29 is 0 Å². The van der Waals surface area contributed by atoms with Crippen LogP contribution in [0, 0.1) is 5.41 Å². The van der Waals surface area contributed by atoms with Gasteiger partial charge in [-0.15, -0.1) is 11.8 Å². The third kappa shape index (κ3) is 2.33. The van der Waals surface area contributed by atoms with E-state index in [0.717, 1.165) is 0 Å². The molecule has 1 fully saturated rings. The minimum absolute atomic E-state index is 0.472. The maximum Gasteiger partial charge on any atom is 0.0341 e. The Morgan fingerprint density at radius 3 is 2.83 bits per heavy atom. The monoisotopic (exact) mass is 261 g/mol. The van der Waals surface area contributed by atoms with Gasteiger partial charge in [-0.05, 0) is 42.1 Å². The molecule has 0 bridgehead atoms. The number of nitrogens with one attached hydrogen (secondary N) is 1. The van der Waals surface area contributed by atoms with Crippen molar-refractivity contribution in [1.29, 1.82) is 0 Å². The molecule has 1 N–H and O–H groups in total. The van der Waals surface area contributed by atoms with E-state index in [2.05, 4.69) is 43.4 Å². The first-order valence-corrected chi connectivity index (χ1v) is 8.13. The van der Waals surface area contributed by atoms with Crippen LogP contribution in [0.15, 0.2) is 29.2 Å². The lowest BCUT2D eigenvalue weighted by Gasteiger charge is -2.34. The van der Waals surface area contributed by atoms with Crippen LogP contribution >= 0.6 is 11.8 Å². The molecule has 1 heterocycles. The molecule has 3 rings (SSSR count). The van der Waals surface area contributed by atoms with Crippen molar-refractivity contribution in [3.05, 3.63) is 29.8 Å². The van der Waals surface area contributed by atoms with E-state index in [9.17, 15) is 0 Å². The van der Waals surface area contributed by atoms with Crippen LogP contribution in [-0.4, -0.2) is 11.8 Å². The Hall–Kier alpha value is -0.470. The summed E-state index contributed by atoms with van der Waals surface area (Å²) >= 11 is 2.01. The molecule has 1 aromatic rings. The first-order valence-electron chi connectivity index (χ1n) is 7.14. The normalized spacial score (nSPS) is 30.1. The Morgan fingerprint density at radius 1 is 1.22 bits per heavy atom. The maximum atomic E-state index is 3.95. The van der Waals surface area contributed by atoms with Gasteiger partial charge in [0.25, 0.3) is 0 Å². The number of hydrogen-bond acceptors (Lipinski definition) is 2. The van der Waals surface area contributed by atoms with Crippen LogP contribution in [0.5, 0.6) is 0 Å². The van der Waals surface area contributed by atoms with Crippen LogP contribution in [0.2, 0.25) is 0 Å². The van der Waals surface area contributed by atoms with Gasteiger partial charge in [-0.3, -0.25) is 0 Å². The van der Waals surface area contributed by atoms with Gasteiger partial charge < -0.3 is 5.32 Å². The van der Waals surface area contributed by atoms with Crippen LogP contribution in [0.4, 0.5) is 0 Å². The van der Waals surface area contributed by atoms with E-state index in [1.54, 1.807) is 0 Å². The molecule has 18 heavy (non-hydrogen) atoms. The predicted molar refractivity (Wildman–Crippen MR) is 79.1 cm³/mol. The fourth-order valence-electron chi connectivity index (χ4n) is 3.39. The summed E-state index contributed by atoms with van der Waals surface area (Å²) in [6, 6.07) is 10.2. The Bertz CT molecular complexity index is 427. The number of hydrogen-bond donors (Lipinski definition) is 1. The summed E-state index contributed by atoms with van der Waals surface area (Å²) in [7, 11) is 0. The van der Waals surface area contributed by atoms with Gasteiger partial charge in [0, 0.05) is 17.0 Å². The van der Waals surface area contributed by atoms with Crippen LogP contribution in [0.25, 0.3) is 0 Å². The highest BCUT2D eigenvalue weighted by atomic mass is 32.2. The summed E-state index contributed by atoms with van der Waals surface area (Å²) in [5.41, 5.74) is 2.00. The summed E-state index contributed by atoms with van der Waals surface area (Å²) in [6.45, 7) is 4.84. The van der Waals surface area contributed by atoms with Crippen molar-refractivity contribution in [2.45, 2.75) is 56.5 Å². The molecule has 0 spiro atoms. The molecule has 2 unspecified atom stereocenters. The van der Waals surface area contributed by atoms with Crippen molar-refractivity contribution >= 4 is 11.8 Å². The minimum Gasteiger partial charge on any atom is -0.307 e. The van der Waals surface area contributed by atoms with E-state index in [1.807, 2.05) is 11.8 Å². The lowest BCUT2D eigenvalue weighted by Crippen LogP contribution is -2.40. The van der Waals surface area contributed by atoms with Crippen molar-refractivity contribution in [3.8, 4) is 0 Å². The Kier molecular flexibility index (Phi) is 3.42. The Morgan fingerprint density at radius 2 is 2.06 bits per heavy atom. The first kappa shape index (κ1) is 12.6. The van der Waals surface area contributed by atoms with Gasteiger partial charge in [0.05, 0.1) is 0 Å². The standard InChI is InChI=1S/C16H23NS/c1-16(2)10-5-8-15(16)17-13-9-11-18-14-7-4-3-6-12(13)14/h3-4,6-7,13,15,17H,5,8-11H2,1-2H3. The molecule has 0 radical (unpaired) electrons. The summed E-state index contributed by atoms with van der Waals surface area (Å²) in [6.07, 6.45) is 5.37. The van der Waals surface area contributed by atoms with Gasteiger partial charge in [0.1, 0.15) is 0 Å². The Balaban J connectivity index is 1.78. The van der Waals surface area contributed by atoms with Crippen LogP contribution in [0.3, 0.4) is 0 Å². The molecule has 1 aromatic carbocycles. The maximum absolute atomic E-state index is 3.95. The number of rotatable bonds is 2. The average molecular weight is 261 g/mol. The zero-order valence-electron chi connectivity index (χ0n) is 11.4. The van der Waals surface area contributed by atoms with Gasteiger partial charge in [-0.25, -0.2) is 0 Å². The molecule has 1 aliphatic heterocycles. The SMILES string of the molecule is CC1(C)CCCC1NC1CCSc2ccccc21. The highest BCUT2D eigenvalue weighted by molar-refractivity contribution is 7.99. The van der Waals surface area contributed by atoms with Crippen LogP contribution < -0.4 is 5.32 Å². The molecule has 2 atom stereocenters. The van der Waals surface area contributed by atoms with E-state index in [-0.39, 0.29) is 0 Å². The van der Waals surface area contributed by atoms with Gasteiger partial charge in [0.2, 0.25) is 0 Å². The fourth-order valence-corrected chi connectivity index (χ4v) is 4.52. The summed E-state index contributed by atoms with van der Waals surface area (Å²) in [4.78, 5) is 1.48. The van der Waals surface area contributed by atoms with Crippen molar-refractivity contribution in [2.75, 3.05) is 5.75 Å². The topological polar surface area (TPSA) is 12.0 Å². The zero-order chi connectivity index (χ0) is 12.6. The second-order valence-corrected chi connectivity index (χ2v) is 7.46. The fraction of sp³-hybridized carbons (Fsp3) is 0.625. The lowest BCUT2D eigenvalue weighted by atomic mass is 9.86. The second kappa shape index (κ2) is 4.90. The first-order chi connectivity index (χ1) is 8.67. The average Bonchev–Trinajstić information content (AvgIpc) is 2.69. The zero-order valence-corrected chi connectivity index (χ0v) is 12.2. The third-order valence-corrected chi connectivity index (χ3v) is 5.74. The van der Waals surface area contributed by atoms with E-state index < -0.39 is 0 Å². The molecule has 0 saturated heterocycles. The van der Waals surface area contributed by atoms with Gasteiger partial charge in [0.15, 0.2) is 0 Å². The van der Waals surface area contributed by atoms with E-state index in [4.69, 9.17) is 0 Å². The summed E-state index contributed by atoms with van der Waals surface area (Å²) in [5, 5.41) is 3.95. The molecular formula is C16H23NS. The number of thioether (sulfide) groups is 1. The number of fused-ring (bicyclic) bond motifs is 1. The third-order valence-electron chi connectivity index (χ3n) is 4.62. The molecular weight excluding hydrogens is 238 g/mol. The predicted octanol–water partition coefficient (Wildman–Crippen LogP) is 4.39. The molecule has 1 nitrogen and oxygen atoms in total. The molecule has 0 amide bonds. The molecule has 1 aliphatic carbocycles. The minimum atomic E-state index is 0.472. The highest BCUT2D eigenvalue weighted by Gasteiger charge is 2.36. The summed E-state index contributed by atoms with van der Waals surface area (Å²) in [5.74, 6) is 1.25. The van der Waals surface area contributed by atoms with Crippen LogP contribution in [0.1, 0.15) is 51.1 Å². The molecule has 2 heteroatoms. The largest absolute Gasteiger partial charge is 0.307 e. The second-order valence-electron chi connectivity index (χ2n) is 6.33. The van der Waals surface area contributed by atoms with E-state index in [0.29, 0.717) is 17.5 Å². The van der Waals surface area contributed by atoms with Gasteiger partial charge in [-0.1, -0.05) is 38.5 Å².